The molecule has 0 aliphatic rings. The number of carbonyl (C=O) groups excluding carboxylic acids is 1. The van der Waals surface area contributed by atoms with Crippen LogP contribution in [0.25, 0.3) is 0 Å². The molecule has 37 heavy (non-hydrogen) atoms. The summed E-state index contributed by atoms with van der Waals surface area (Å²) in [6, 6.07) is 2.49. The molecule has 0 bridgehead atoms. The van der Waals surface area contributed by atoms with Gasteiger partial charge >= 0.3 is 39.6 Å². The average molecular weight is 571 g/mol. The van der Waals surface area contributed by atoms with Crippen molar-refractivity contribution in [3.63, 3.8) is 0 Å². The van der Waals surface area contributed by atoms with Gasteiger partial charge in [0.1, 0.15) is 5.56 Å². The summed E-state index contributed by atoms with van der Waals surface area (Å²) in [6.45, 7) is 0.861. The summed E-state index contributed by atoms with van der Waals surface area (Å²) in [4.78, 5) is 24.1. The third-order valence-corrected chi connectivity index (χ3v) is 5.59. The minimum absolute atomic E-state index is 0.0527. The van der Waals surface area contributed by atoms with Gasteiger partial charge in [0.15, 0.2) is 5.75 Å². The fraction of sp³-hybridized carbons (Fsp3) is 0.263. The number of aromatic carboxylic acids is 1. The Bertz CT molecular complexity index is 1320. The van der Waals surface area contributed by atoms with Crippen LogP contribution in [0.1, 0.15) is 31.8 Å². The van der Waals surface area contributed by atoms with Gasteiger partial charge in [0.25, 0.3) is 5.91 Å². The highest BCUT2D eigenvalue weighted by atomic mass is 32.2. The minimum atomic E-state index is -6.42. The Morgan fingerprint density at radius 3 is 1.86 bits per heavy atom. The van der Waals surface area contributed by atoms with Gasteiger partial charge in [-0.25, -0.2) is 9.18 Å². The van der Waals surface area contributed by atoms with Crippen LogP contribution in [0.2, 0.25) is 0 Å². The number of hydrogen-bond donors (Lipinski definition) is 2. The molecule has 0 saturated carbocycles. The molecular weight excluding hydrogens is 560 g/mol. The Balaban J connectivity index is 2.51. The maximum atomic E-state index is 14.2. The number of carboxylic acid groups (broad SMARTS) is 1. The van der Waals surface area contributed by atoms with E-state index in [1.165, 1.54) is 0 Å². The maximum absolute atomic E-state index is 14.2. The molecule has 2 aromatic rings. The number of benzene rings is 2. The molecule has 0 unspecified atom stereocenters. The molecule has 0 aliphatic carbocycles. The molecule has 0 spiro atoms. The first-order valence-corrected chi connectivity index (χ1v) is 10.6. The molecule has 1 amide bonds. The monoisotopic (exact) mass is 571 g/mol. The number of aryl methyl sites for hydroxylation is 1. The molecule has 0 aliphatic heterocycles. The highest BCUT2D eigenvalue weighted by molar-refractivity contribution is 7.88. The third kappa shape index (κ3) is 5.57. The van der Waals surface area contributed by atoms with Crippen molar-refractivity contribution in [3.05, 3.63) is 58.7 Å². The smallest absolute Gasteiger partial charge is 0.478 e. The lowest BCUT2D eigenvalue weighted by atomic mass is 9.92. The summed E-state index contributed by atoms with van der Waals surface area (Å²) in [7, 11) is -6.37. The van der Waals surface area contributed by atoms with Gasteiger partial charge in [-0.15, -0.1) is 0 Å². The number of nitrogens with one attached hydrogen (secondary N) is 1. The van der Waals surface area contributed by atoms with E-state index in [0.29, 0.717) is 18.2 Å². The molecule has 2 N–H and O–H groups in total. The van der Waals surface area contributed by atoms with Crippen LogP contribution in [0.3, 0.4) is 0 Å². The van der Waals surface area contributed by atoms with Gasteiger partial charge < -0.3 is 14.6 Å². The maximum Gasteiger partial charge on any atom is 0.534 e. The van der Waals surface area contributed by atoms with Crippen molar-refractivity contribution in [1.82, 2.24) is 0 Å². The number of hydrogen-bond acceptors (Lipinski definition) is 5. The Kier molecular flexibility index (Phi) is 7.52. The van der Waals surface area contributed by atoms with Gasteiger partial charge in [-0.1, -0.05) is 18.2 Å². The van der Waals surface area contributed by atoms with Gasteiger partial charge in [-0.2, -0.15) is 47.9 Å². The summed E-state index contributed by atoms with van der Waals surface area (Å²) >= 11 is 0. The molecule has 0 aromatic heterocycles. The number of anilines is 1. The number of halogens is 10. The van der Waals surface area contributed by atoms with Gasteiger partial charge in [0.05, 0.1) is 5.56 Å². The van der Waals surface area contributed by atoms with Crippen molar-refractivity contribution in [2.24, 2.45) is 0 Å². The molecule has 18 heteroatoms. The van der Waals surface area contributed by atoms with E-state index < -0.39 is 79.2 Å². The first kappa shape index (κ1) is 29.7. The summed E-state index contributed by atoms with van der Waals surface area (Å²) < 4.78 is 156. The largest absolute Gasteiger partial charge is 0.534 e. The second-order valence-corrected chi connectivity index (χ2v) is 8.64. The Hall–Kier alpha value is -3.57. The lowest BCUT2D eigenvalue weighted by Gasteiger charge is -2.30. The van der Waals surface area contributed by atoms with E-state index in [0.717, 1.165) is 13.0 Å². The first-order chi connectivity index (χ1) is 16.5. The minimum Gasteiger partial charge on any atom is -0.478 e. The fourth-order valence-corrected chi connectivity index (χ4v) is 3.34. The van der Waals surface area contributed by atoms with E-state index in [9.17, 15) is 67.0 Å². The van der Waals surface area contributed by atoms with Gasteiger partial charge in [-0.3, -0.25) is 4.79 Å². The van der Waals surface area contributed by atoms with Crippen LogP contribution in [0.15, 0.2) is 36.4 Å². The van der Waals surface area contributed by atoms with E-state index in [1.54, 1.807) is 0 Å². The standard InChI is InChI=1S/C19H11F10NO6S/c1-8-7-9(16(20,17(21,22)23)18(24,25)26)5-6-11(8)30-14(31)10-3-2-4-12(13(10)15(32)33)36-37(34,35)19(27,28)29/h2-7H,1H3,(H,30,31)(H,32,33). The molecule has 0 fully saturated rings. The van der Waals surface area contributed by atoms with Crippen molar-refractivity contribution in [3.8, 4) is 5.75 Å². The second-order valence-electron chi connectivity index (χ2n) is 7.10. The number of rotatable bonds is 6. The van der Waals surface area contributed by atoms with Crippen molar-refractivity contribution < 1.29 is 71.2 Å². The zero-order valence-electron chi connectivity index (χ0n) is 17.6. The van der Waals surface area contributed by atoms with Crippen LogP contribution >= 0.6 is 0 Å². The Labute approximate surface area is 199 Å². The van der Waals surface area contributed by atoms with Crippen molar-refractivity contribution >= 4 is 27.7 Å². The van der Waals surface area contributed by atoms with Crippen molar-refractivity contribution in [1.29, 1.82) is 0 Å². The van der Waals surface area contributed by atoms with Crippen LogP contribution in [-0.4, -0.2) is 43.3 Å². The van der Waals surface area contributed by atoms with Gasteiger partial charge in [-0.05, 0) is 30.7 Å². The lowest BCUT2D eigenvalue weighted by molar-refractivity contribution is -0.348. The quantitative estimate of drug-likeness (QED) is 0.271. The Morgan fingerprint density at radius 2 is 1.43 bits per heavy atom. The molecule has 0 radical (unpaired) electrons. The second kappa shape index (κ2) is 9.38. The van der Waals surface area contributed by atoms with Crippen LogP contribution in [-0.2, 0) is 15.8 Å². The number of amides is 1. The molecule has 7 nitrogen and oxygen atoms in total. The summed E-state index contributed by atoms with van der Waals surface area (Å²) in [6.07, 6.45) is -12.8. The Morgan fingerprint density at radius 1 is 0.892 bits per heavy atom. The number of carboxylic acids is 1. The summed E-state index contributed by atoms with van der Waals surface area (Å²) in [5.74, 6) is -5.06. The zero-order valence-corrected chi connectivity index (χ0v) is 18.5. The molecule has 204 valence electrons. The van der Waals surface area contributed by atoms with E-state index in [2.05, 4.69) is 4.18 Å². The molecule has 2 rings (SSSR count). The van der Waals surface area contributed by atoms with Crippen molar-refractivity contribution in [2.75, 3.05) is 5.32 Å². The normalized spacial score (nSPS) is 13.3. The average Bonchev–Trinajstić information content (AvgIpc) is 2.71. The predicted octanol–water partition coefficient (Wildman–Crippen LogP) is 5.46. The van der Waals surface area contributed by atoms with Crippen LogP contribution in [0.4, 0.5) is 49.6 Å². The van der Waals surface area contributed by atoms with Gasteiger partial charge in [0, 0.05) is 11.3 Å². The molecule has 0 saturated heterocycles. The molecular formula is C19H11F10NO6S. The van der Waals surface area contributed by atoms with Crippen molar-refractivity contribution in [2.45, 2.75) is 30.5 Å². The van der Waals surface area contributed by atoms with E-state index in [-0.39, 0.29) is 12.1 Å². The first-order valence-electron chi connectivity index (χ1n) is 9.16. The summed E-state index contributed by atoms with van der Waals surface area (Å²) in [5.41, 5.74) is -17.1. The van der Waals surface area contributed by atoms with E-state index >= 15 is 0 Å². The fourth-order valence-electron chi connectivity index (χ4n) is 2.87. The highest BCUT2D eigenvalue weighted by Gasteiger charge is 2.73. The topological polar surface area (TPSA) is 110 Å². The zero-order chi connectivity index (χ0) is 28.8. The van der Waals surface area contributed by atoms with Crippen LogP contribution in [0, 0.1) is 6.92 Å². The number of alkyl halides is 10. The van der Waals surface area contributed by atoms with Crippen LogP contribution < -0.4 is 9.50 Å². The van der Waals surface area contributed by atoms with E-state index in [1.807, 2.05) is 5.32 Å². The highest BCUT2D eigenvalue weighted by Crippen LogP contribution is 2.53. The molecule has 0 heterocycles. The molecule has 0 atom stereocenters. The molecule has 2 aromatic carbocycles. The van der Waals surface area contributed by atoms with Crippen LogP contribution in [0.5, 0.6) is 5.75 Å². The lowest BCUT2D eigenvalue weighted by Crippen LogP contribution is -2.50. The SMILES string of the molecule is Cc1cc(C(F)(C(F)(F)F)C(F)(F)F)ccc1NC(=O)c1cccc(OS(=O)(=O)C(F)(F)F)c1C(=O)O. The number of carbonyl (C=O) groups is 2. The van der Waals surface area contributed by atoms with Gasteiger partial charge in [0.2, 0.25) is 0 Å². The van der Waals surface area contributed by atoms with E-state index in [4.69, 9.17) is 0 Å². The summed E-state index contributed by atoms with van der Waals surface area (Å²) in [5, 5.41) is 11.2. The predicted molar refractivity (Wildman–Crippen MR) is 103 cm³/mol. The third-order valence-electron chi connectivity index (χ3n) is 4.62.